The number of morpholine rings is 2. The molecule has 2 aliphatic rings. The minimum atomic E-state index is -0.0826. The van der Waals surface area contributed by atoms with Crippen LogP contribution in [0.1, 0.15) is 5.56 Å². The Hall–Kier alpha value is -2.70. The predicted molar refractivity (Wildman–Crippen MR) is 115 cm³/mol. The molecule has 2 aliphatic heterocycles. The number of halogens is 1. The number of hydrogen-bond donors (Lipinski definition) is 3. The summed E-state index contributed by atoms with van der Waals surface area (Å²) in [6, 6.07) is 2.71. The molecule has 2 saturated heterocycles. The molecule has 0 atom stereocenters. The van der Waals surface area contributed by atoms with Crippen LogP contribution in [0.5, 0.6) is 11.5 Å². The number of benzene rings is 1. The van der Waals surface area contributed by atoms with E-state index in [2.05, 4.69) is 41.4 Å². The van der Waals surface area contributed by atoms with Gasteiger partial charge in [0.15, 0.2) is 0 Å². The van der Waals surface area contributed by atoms with Crippen LogP contribution in [0.25, 0.3) is 0 Å². The summed E-state index contributed by atoms with van der Waals surface area (Å²) >= 11 is 3.27. The number of hydrazone groups is 1. The van der Waals surface area contributed by atoms with Crippen LogP contribution in [0.15, 0.2) is 21.7 Å². The second-order valence-electron chi connectivity index (χ2n) is 6.70. The van der Waals surface area contributed by atoms with E-state index in [-0.39, 0.29) is 11.5 Å². The zero-order valence-electron chi connectivity index (χ0n) is 16.2. The van der Waals surface area contributed by atoms with Crippen molar-refractivity contribution in [2.45, 2.75) is 0 Å². The van der Waals surface area contributed by atoms with Crippen molar-refractivity contribution in [1.82, 2.24) is 15.0 Å². The Morgan fingerprint density at radius 3 is 2.07 bits per heavy atom. The van der Waals surface area contributed by atoms with Gasteiger partial charge in [0.1, 0.15) is 11.5 Å². The van der Waals surface area contributed by atoms with Crippen LogP contribution >= 0.6 is 15.9 Å². The number of nitrogens with one attached hydrogen (secondary N) is 1. The molecule has 0 saturated carbocycles. The molecule has 1 aromatic heterocycles. The molecule has 12 heteroatoms. The zero-order chi connectivity index (χ0) is 20.9. The van der Waals surface area contributed by atoms with E-state index in [9.17, 15) is 10.2 Å². The van der Waals surface area contributed by atoms with Crippen molar-refractivity contribution in [3.05, 3.63) is 22.2 Å². The first kappa shape index (κ1) is 20.6. The number of nitrogens with zero attached hydrogens (tertiary/aromatic N) is 6. The number of rotatable bonds is 5. The van der Waals surface area contributed by atoms with Gasteiger partial charge in [-0.25, -0.2) is 5.43 Å². The van der Waals surface area contributed by atoms with Crippen molar-refractivity contribution in [3.8, 4) is 11.5 Å². The summed E-state index contributed by atoms with van der Waals surface area (Å²) in [6.07, 6.45) is 1.45. The Morgan fingerprint density at radius 1 is 0.933 bits per heavy atom. The summed E-state index contributed by atoms with van der Waals surface area (Å²) in [5.41, 5.74) is 3.32. The summed E-state index contributed by atoms with van der Waals surface area (Å²) in [4.78, 5) is 17.7. The SMILES string of the molecule is Oc1cc(O)c(Br)c(C=NNc2nc(N3CCOCC3)nc(N3CCOCC3)n2)c1. The number of phenols is 2. The van der Waals surface area contributed by atoms with Gasteiger partial charge in [-0.2, -0.15) is 20.1 Å². The van der Waals surface area contributed by atoms with Gasteiger partial charge in [-0.05, 0) is 22.0 Å². The van der Waals surface area contributed by atoms with Crippen LogP contribution in [0.4, 0.5) is 17.8 Å². The highest BCUT2D eigenvalue weighted by Gasteiger charge is 2.20. The molecule has 2 aromatic rings. The van der Waals surface area contributed by atoms with Gasteiger partial charge in [0.05, 0.1) is 37.1 Å². The van der Waals surface area contributed by atoms with Crippen LogP contribution in [0.3, 0.4) is 0 Å². The van der Waals surface area contributed by atoms with Gasteiger partial charge in [-0.1, -0.05) is 0 Å². The standard InChI is InChI=1S/C18H22BrN7O4/c19-15-12(9-13(27)10-14(15)28)11-20-24-16-21-17(25-1-5-29-6-2-25)23-18(22-16)26-3-7-30-8-4-26/h9-11,27-28H,1-8H2,(H,21,22,23,24). The quantitative estimate of drug-likeness (QED) is 0.424. The van der Waals surface area contributed by atoms with Crippen molar-refractivity contribution >= 4 is 40.0 Å². The summed E-state index contributed by atoms with van der Waals surface area (Å²) in [5.74, 6) is 1.26. The van der Waals surface area contributed by atoms with Crippen molar-refractivity contribution in [1.29, 1.82) is 0 Å². The molecule has 1 aromatic carbocycles. The maximum Gasteiger partial charge on any atom is 0.250 e. The number of ether oxygens (including phenoxy) is 2. The fourth-order valence-corrected chi connectivity index (χ4v) is 3.41. The van der Waals surface area contributed by atoms with Gasteiger partial charge in [0.2, 0.25) is 17.8 Å². The van der Waals surface area contributed by atoms with E-state index in [1.165, 1.54) is 18.3 Å². The Morgan fingerprint density at radius 2 is 1.50 bits per heavy atom. The average molecular weight is 480 g/mol. The first-order valence-electron chi connectivity index (χ1n) is 9.52. The Balaban J connectivity index is 1.58. The van der Waals surface area contributed by atoms with E-state index in [1.54, 1.807) is 0 Å². The third-order valence-corrected chi connectivity index (χ3v) is 5.50. The highest BCUT2D eigenvalue weighted by Crippen LogP contribution is 2.31. The zero-order valence-corrected chi connectivity index (χ0v) is 17.7. The minimum Gasteiger partial charge on any atom is -0.508 e. The van der Waals surface area contributed by atoms with Crippen molar-refractivity contribution in [2.24, 2.45) is 5.10 Å². The largest absolute Gasteiger partial charge is 0.508 e. The fourth-order valence-electron chi connectivity index (χ4n) is 3.08. The molecule has 4 rings (SSSR count). The van der Waals surface area contributed by atoms with Gasteiger partial charge in [0.25, 0.3) is 0 Å². The molecule has 160 valence electrons. The molecular formula is C18H22BrN7O4. The maximum atomic E-state index is 9.81. The lowest BCUT2D eigenvalue weighted by Gasteiger charge is -2.30. The lowest BCUT2D eigenvalue weighted by Crippen LogP contribution is -2.40. The topological polar surface area (TPSA) is 128 Å². The first-order chi connectivity index (χ1) is 14.6. The maximum absolute atomic E-state index is 9.81. The van der Waals surface area contributed by atoms with Crippen LogP contribution < -0.4 is 15.2 Å². The number of hydrogen-bond acceptors (Lipinski definition) is 11. The lowest BCUT2D eigenvalue weighted by atomic mass is 10.2. The van der Waals surface area contributed by atoms with Crippen molar-refractivity contribution in [3.63, 3.8) is 0 Å². The van der Waals surface area contributed by atoms with E-state index in [0.717, 1.165) is 0 Å². The normalized spacial score (nSPS) is 17.5. The first-order valence-corrected chi connectivity index (χ1v) is 10.3. The van der Waals surface area contributed by atoms with Gasteiger partial charge in [-0.3, -0.25) is 0 Å². The smallest absolute Gasteiger partial charge is 0.250 e. The molecule has 3 heterocycles. The molecular weight excluding hydrogens is 458 g/mol. The summed E-state index contributed by atoms with van der Waals surface area (Å²) in [7, 11) is 0. The second-order valence-corrected chi connectivity index (χ2v) is 7.49. The highest BCUT2D eigenvalue weighted by molar-refractivity contribution is 9.10. The third-order valence-electron chi connectivity index (χ3n) is 4.63. The van der Waals surface area contributed by atoms with Crippen LogP contribution in [0.2, 0.25) is 0 Å². The van der Waals surface area contributed by atoms with E-state index >= 15 is 0 Å². The molecule has 11 nitrogen and oxygen atoms in total. The molecule has 0 bridgehead atoms. The monoisotopic (exact) mass is 479 g/mol. The number of aromatic hydroxyl groups is 2. The van der Waals surface area contributed by atoms with Gasteiger partial charge in [0, 0.05) is 37.8 Å². The molecule has 0 spiro atoms. The molecule has 2 fully saturated rings. The minimum absolute atomic E-state index is 0.0680. The summed E-state index contributed by atoms with van der Waals surface area (Å²) in [6.45, 7) is 5.27. The van der Waals surface area contributed by atoms with E-state index in [4.69, 9.17) is 9.47 Å². The number of phenolic OH excluding ortho intramolecular Hbond substituents is 2. The third kappa shape index (κ3) is 4.89. The summed E-state index contributed by atoms with van der Waals surface area (Å²) in [5, 5.41) is 23.6. The molecule has 0 aliphatic carbocycles. The second kappa shape index (κ2) is 9.41. The Kier molecular flexibility index (Phi) is 6.45. The number of aromatic nitrogens is 3. The lowest BCUT2D eigenvalue weighted by molar-refractivity contribution is 0.121. The summed E-state index contributed by atoms with van der Waals surface area (Å²) < 4.78 is 11.3. The average Bonchev–Trinajstić information content (AvgIpc) is 2.78. The van der Waals surface area contributed by atoms with E-state index in [1.807, 2.05) is 9.80 Å². The van der Waals surface area contributed by atoms with Crippen LogP contribution in [-0.2, 0) is 9.47 Å². The predicted octanol–water partition coefficient (Wildman–Crippen LogP) is 1.16. The van der Waals surface area contributed by atoms with Gasteiger partial charge < -0.3 is 29.5 Å². The van der Waals surface area contributed by atoms with Gasteiger partial charge >= 0.3 is 0 Å². The van der Waals surface area contributed by atoms with Crippen molar-refractivity contribution in [2.75, 3.05) is 67.8 Å². The van der Waals surface area contributed by atoms with Gasteiger partial charge in [-0.15, -0.1) is 0 Å². The molecule has 30 heavy (non-hydrogen) atoms. The molecule has 0 amide bonds. The Labute approximate surface area is 181 Å². The van der Waals surface area contributed by atoms with Crippen LogP contribution in [0, 0.1) is 0 Å². The number of anilines is 3. The molecule has 0 unspecified atom stereocenters. The van der Waals surface area contributed by atoms with E-state index < -0.39 is 0 Å². The highest BCUT2D eigenvalue weighted by atomic mass is 79.9. The molecule has 0 radical (unpaired) electrons. The van der Waals surface area contributed by atoms with Crippen LogP contribution in [-0.4, -0.2) is 84.0 Å². The van der Waals surface area contributed by atoms with E-state index in [0.29, 0.717) is 80.5 Å². The Bertz CT molecular complexity index is 881. The molecule has 3 N–H and O–H groups in total. The fraction of sp³-hybridized carbons (Fsp3) is 0.444. The van der Waals surface area contributed by atoms with Crippen molar-refractivity contribution < 1.29 is 19.7 Å².